The molecular formula is C13H24N2O3. The standard InChI is InChI=1S/C13H24N2O3/c1-4-18-13(17)10(3)14-9(2)12(16)15-11-7-5-6-8-11/h9-11,14H,4-8H2,1-3H3,(H,15,16). The van der Waals surface area contributed by atoms with Gasteiger partial charge < -0.3 is 10.1 Å². The van der Waals surface area contributed by atoms with Crippen molar-refractivity contribution in [2.75, 3.05) is 6.61 Å². The third-order valence-corrected chi connectivity index (χ3v) is 3.23. The molecule has 1 amide bonds. The zero-order valence-electron chi connectivity index (χ0n) is 11.5. The first-order valence-corrected chi connectivity index (χ1v) is 6.77. The maximum Gasteiger partial charge on any atom is 0.322 e. The summed E-state index contributed by atoms with van der Waals surface area (Å²) in [7, 11) is 0. The second-order valence-electron chi connectivity index (χ2n) is 4.85. The van der Waals surface area contributed by atoms with Gasteiger partial charge in [-0.15, -0.1) is 0 Å². The summed E-state index contributed by atoms with van der Waals surface area (Å²) in [6, 6.07) is -0.543. The topological polar surface area (TPSA) is 67.4 Å². The molecule has 1 fully saturated rings. The lowest BCUT2D eigenvalue weighted by Gasteiger charge is -2.20. The van der Waals surface area contributed by atoms with Gasteiger partial charge in [-0.1, -0.05) is 12.8 Å². The molecule has 0 spiro atoms. The maximum absolute atomic E-state index is 11.9. The van der Waals surface area contributed by atoms with Crippen LogP contribution in [0.3, 0.4) is 0 Å². The normalized spacial score (nSPS) is 19.3. The van der Waals surface area contributed by atoms with E-state index in [2.05, 4.69) is 10.6 Å². The molecular weight excluding hydrogens is 232 g/mol. The SMILES string of the molecule is CCOC(=O)C(C)NC(C)C(=O)NC1CCCC1. The van der Waals surface area contributed by atoms with Crippen molar-refractivity contribution >= 4 is 11.9 Å². The molecule has 0 aromatic carbocycles. The van der Waals surface area contributed by atoms with E-state index >= 15 is 0 Å². The molecule has 18 heavy (non-hydrogen) atoms. The number of carbonyl (C=O) groups is 2. The van der Waals surface area contributed by atoms with Crippen molar-refractivity contribution in [2.45, 2.75) is 64.6 Å². The molecule has 1 aliphatic carbocycles. The van der Waals surface area contributed by atoms with Crippen LogP contribution in [0.5, 0.6) is 0 Å². The van der Waals surface area contributed by atoms with Crippen LogP contribution in [0.15, 0.2) is 0 Å². The first-order chi connectivity index (χ1) is 8.54. The Bertz CT molecular complexity index is 288. The summed E-state index contributed by atoms with van der Waals surface area (Å²) >= 11 is 0. The quantitative estimate of drug-likeness (QED) is 0.695. The number of carbonyl (C=O) groups excluding carboxylic acids is 2. The minimum atomic E-state index is -0.464. The molecule has 0 heterocycles. The fourth-order valence-corrected chi connectivity index (χ4v) is 2.18. The summed E-state index contributed by atoms with van der Waals surface area (Å²) < 4.78 is 4.88. The minimum Gasteiger partial charge on any atom is -0.465 e. The Hall–Kier alpha value is -1.10. The summed E-state index contributed by atoms with van der Waals surface area (Å²) in [5.74, 6) is -0.365. The van der Waals surface area contributed by atoms with Crippen LogP contribution in [0.2, 0.25) is 0 Å². The zero-order chi connectivity index (χ0) is 13.5. The van der Waals surface area contributed by atoms with Gasteiger partial charge in [0.05, 0.1) is 12.6 Å². The Morgan fingerprint density at radius 2 is 1.83 bits per heavy atom. The molecule has 0 radical (unpaired) electrons. The Morgan fingerprint density at radius 1 is 1.22 bits per heavy atom. The number of ether oxygens (including phenoxy) is 1. The van der Waals surface area contributed by atoms with Gasteiger partial charge in [0.15, 0.2) is 0 Å². The lowest BCUT2D eigenvalue weighted by molar-refractivity contribution is -0.145. The average molecular weight is 256 g/mol. The van der Waals surface area contributed by atoms with E-state index in [1.165, 1.54) is 12.8 Å². The summed E-state index contributed by atoms with van der Waals surface area (Å²) in [6.45, 7) is 5.59. The molecule has 0 aliphatic heterocycles. The fourth-order valence-electron chi connectivity index (χ4n) is 2.18. The molecule has 2 N–H and O–H groups in total. The van der Waals surface area contributed by atoms with Gasteiger partial charge in [-0.2, -0.15) is 0 Å². The largest absolute Gasteiger partial charge is 0.465 e. The smallest absolute Gasteiger partial charge is 0.322 e. The number of hydrogen-bond donors (Lipinski definition) is 2. The van der Waals surface area contributed by atoms with Gasteiger partial charge in [-0.3, -0.25) is 14.9 Å². The van der Waals surface area contributed by atoms with Crippen molar-refractivity contribution in [2.24, 2.45) is 0 Å². The van der Waals surface area contributed by atoms with E-state index < -0.39 is 6.04 Å². The van der Waals surface area contributed by atoms with Gasteiger partial charge in [-0.25, -0.2) is 0 Å². The third-order valence-electron chi connectivity index (χ3n) is 3.23. The number of nitrogens with one attached hydrogen (secondary N) is 2. The van der Waals surface area contributed by atoms with Crippen molar-refractivity contribution in [3.05, 3.63) is 0 Å². The summed E-state index contributed by atoms with van der Waals surface area (Å²) in [4.78, 5) is 23.3. The van der Waals surface area contributed by atoms with Crippen molar-refractivity contribution in [1.82, 2.24) is 10.6 Å². The number of rotatable bonds is 6. The van der Waals surface area contributed by atoms with E-state index in [9.17, 15) is 9.59 Å². The molecule has 0 aromatic heterocycles. The van der Waals surface area contributed by atoms with Crippen LogP contribution >= 0.6 is 0 Å². The lowest BCUT2D eigenvalue weighted by Crippen LogP contribution is -2.50. The number of amides is 1. The predicted octanol–water partition coefficient (Wildman–Crippen LogP) is 0.975. The van der Waals surface area contributed by atoms with E-state index in [0.717, 1.165) is 12.8 Å². The molecule has 5 heteroatoms. The van der Waals surface area contributed by atoms with Gasteiger partial charge in [0.2, 0.25) is 5.91 Å². The van der Waals surface area contributed by atoms with Crippen LogP contribution in [0.25, 0.3) is 0 Å². The minimum absolute atomic E-state index is 0.0435. The highest BCUT2D eigenvalue weighted by molar-refractivity contribution is 5.83. The second-order valence-corrected chi connectivity index (χ2v) is 4.85. The Morgan fingerprint density at radius 3 is 2.39 bits per heavy atom. The van der Waals surface area contributed by atoms with Crippen LogP contribution in [-0.4, -0.2) is 36.6 Å². The predicted molar refractivity (Wildman–Crippen MR) is 69.1 cm³/mol. The summed E-state index contributed by atoms with van der Waals surface area (Å²) in [5, 5.41) is 5.95. The Kier molecular flexibility index (Phi) is 6.12. The average Bonchev–Trinajstić information content (AvgIpc) is 2.81. The van der Waals surface area contributed by atoms with Crippen molar-refractivity contribution in [3.63, 3.8) is 0 Å². The molecule has 1 saturated carbocycles. The van der Waals surface area contributed by atoms with Crippen LogP contribution in [0, 0.1) is 0 Å². The summed E-state index contributed by atoms with van der Waals surface area (Å²) in [6.07, 6.45) is 4.50. The van der Waals surface area contributed by atoms with Gasteiger partial charge in [0.1, 0.15) is 6.04 Å². The van der Waals surface area contributed by atoms with Crippen LogP contribution < -0.4 is 10.6 Å². The van der Waals surface area contributed by atoms with Crippen LogP contribution in [0.4, 0.5) is 0 Å². The Labute approximate surface area is 109 Å². The maximum atomic E-state index is 11.9. The van der Waals surface area contributed by atoms with Gasteiger partial charge >= 0.3 is 5.97 Å². The molecule has 0 aromatic rings. The molecule has 2 unspecified atom stereocenters. The highest BCUT2D eigenvalue weighted by Gasteiger charge is 2.23. The van der Waals surface area contributed by atoms with Crippen molar-refractivity contribution in [1.29, 1.82) is 0 Å². The Balaban J connectivity index is 2.31. The highest BCUT2D eigenvalue weighted by Crippen LogP contribution is 2.17. The molecule has 2 atom stereocenters. The first-order valence-electron chi connectivity index (χ1n) is 6.77. The van der Waals surface area contributed by atoms with E-state index in [-0.39, 0.29) is 17.9 Å². The summed E-state index contributed by atoms with van der Waals surface area (Å²) in [5.41, 5.74) is 0. The highest BCUT2D eigenvalue weighted by atomic mass is 16.5. The third kappa shape index (κ3) is 4.64. The van der Waals surface area contributed by atoms with Crippen molar-refractivity contribution in [3.8, 4) is 0 Å². The zero-order valence-corrected chi connectivity index (χ0v) is 11.5. The second kappa shape index (κ2) is 7.36. The molecule has 5 nitrogen and oxygen atoms in total. The van der Waals surface area contributed by atoms with E-state index in [1.807, 2.05) is 0 Å². The van der Waals surface area contributed by atoms with Gasteiger partial charge in [0, 0.05) is 6.04 Å². The number of hydrogen-bond acceptors (Lipinski definition) is 4. The molecule has 104 valence electrons. The molecule has 0 bridgehead atoms. The van der Waals surface area contributed by atoms with Crippen LogP contribution in [-0.2, 0) is 14.3 Å². The van der Waals surface area contributed by atoms with E-state index in [1.54, 1.807) is 20.8 Å². The van der Waals surface area contributed by atoms with E-state index in [4.69, 9.17) is 4.74 Å². The van der Waals surface area contributed by atoms with Crippen molar-refractivity contribution < 1.29 is 14.3 Å². The monoisotopic (exact) mass is 256 g/mol. The van der Waals surface area contributed by atoms with Gasteiger partial charge in [-0.05, 0) is 33.6 Å². The van der Waals surface area contributed by atoms with Gasteiger partial charge in [0.25, 0.3) is 0 Å². The fraction of sp³-hybridized carbons (Fsp3) is 0.846. The molecule has 0 saturated heterocycles. The lowest BCUT2D eigenvalue weighted by atomic mass is 10.2. The number of esters is 1. The van der Waals surface area contributed by atoms with E-state index in [0.29, 0.717) is 12.6 Å². The molecule has 1 aliphatic rings. The molecule has 1 rings (SSSR count). The first kappa shape index (κ1) is 15.0. The van der Waals surface area contributed by atoms with Crippen LogP contribution in [0.1, 0.15) is 46.5 Å².